The third-order valence-electron chi connectivity index (χ3n) is 2.96. The molecule has 0 aromatic heterocycles. The van der Waals surface area contributed by atoms with E-state index in [1.165, 1.54) is 12.1 Å². The number of carbonyl (C=O) groups excluding carboxylic acids is 1. The molecule has 0 aliphatic rings. The van der Waals surface area contributed by atoms with Gasteiger partial charge in [0.15, 0.2) is 5.82 Å². The van der Waals surface area contributed by atoms with Gasteiger partial charge in [-0.3, -0.25) is 4.79 Å². The first-order valence-corrected chi connectivity index (χ1v) is 6.06. The summed E-state index contributed by atoms with van der Waals surface area (Å²) in [5, 5.41) is 2.70. The van der Waals surface area contributed by atoms with E-state index in [9.17, 15) is 13.6 Å². The van der Waals surface area contributed by atoms with Crippen LogP contribution in [-0.2, 0) is 6.54 Å². The predicted molar refractivity (Wildman–Crippen MR) is 73.4 cm³/mol. The highest BCUT2D eigenvalue weighted by molar-refractivity contribution is 5.92. The van der Waals surface area contributed by atoms with Crippen molar-refractivity contribution in [2.75, 3.05) is 5.32 Å². The summed E-state index contributed by atoms with van der Waals surface area (Å²) in [5.41, 5.74) is 6.43. The maximum atomic E-state index is 13.8. The molecular weight excluding hydrogens is 262 g/mol. The van der Waals surface area contributed by atoms with Gasteiger partial charge < -0.3 is 11.1 Å². The lowest BCUT2D eigenvalue weighted by atomic mass is 10.1. The molecule has 3 N–H and O–H groups in total. The highest BCUT2D eigenvalue weighted by Crippen LogP contribution is 2.22. The SMILES string of the molecule is Cc1ccc(F)c(NCc2cccc(C(N)=O)c2)c1F. The number of hydrogen-bond acceptors (Lipinski definition) is 2. The van der Waals surface area contributed by atoms with E-state index in [-0.39, 0.29) is 12.2 Å². The van der Waals surface area contributed by atoms with Gasteiger partial charge in [0.1, 0.15) is 11.5 Å². The first-order valence-electron chi connectivity index (χ1n) is 6.06. The predicted octanol–water partition coefficient (Wildman–Crippen LogP) is 2.98. The lowest BCUT2D eigenvalue weighted by Crippen LogP contribution is -2.12. The maximum absolute atomic E-state index is 13.8. The Hall–Kier alpha value is -2.43. The monoisotopic (exact) mass is 276 g/mol. The van der Waals surface area contributed by atoms with Gasteiger partial charge in [0.2, 0.25) is 5.91 Å². The Balaban J connectivity index is 2.19. The molecule has 2 rings (SSSR count). The molecular formula is C15H14F2N2O. The average molecular weight is 276 g/mol. The van der Waals surface area contributed by atoms with Gasteiger partial charge in [0, 0.05) is 12.1 Å². The van der Waals surface area contributed by atoms with Gasteiger partial charge in [0.25, 0.3) is 0 Å². The van der Waals surface area contributed by atoms with E-state index in [1.807, 2.05) is 0 Å². The minimum absolute atomic E-state index is 0.172. The summed E-state index contributed by atoms with van der Waals surface area (Å²) >= 11 is 0. The second-order valence-corrected chi connectivity index (χ2v) is 4.47. The number of amides is 1. The van der Waals surface area contributed by atoms with Crippen LogP contribution >= 0.6 is 0 Å². The fourth-order valence-corrected chi connectivity index (χ4v) is 1.84. The van der Waals surface area contributed by atoms with Gasteiger partial charge in [-0.2, -0.15) is 0 Å². The first-order chi connectivity index (χ1) is 9.49. The van der Waals surface area contributed by atoms with E-state index < -0.39 is 17.5 Å². The molecule has 0 saturated carbocycles. The molecule has 0 spiro atoms. The van der Waals surface area contributed by atoms with Gasteiger partial charge in [-0.05, 0) is 36.2 Å². The Morgan fingerprint density at radius 1 is 1.25 bits per heavy atom. The van der Waals surface area contributed by atoms with E-state index in [1.54, 1.807) is 31.2 Å². The van der Waals surface area contributed by atoms with E-state index in [4.69, 9.17) is 5.73 Å². The van der Waals surface area contributed by atoms with Gasteiger partial charge in [0.05, 0.1) is 0 Å². The molecule has 0 heterocycles. The lowest BCUT2D eigenvalue weighted by Gasteiger charge is -2.10. The van der Waals surface area contributed by atoms with Crippen LogP contribution < -0.4 is 11.1 Å². The topological polar surface area (TPSA) is 55.1 Å². The van der Waals surface area contributed by atoms with Crippen LogP contribution in [0.25, 0.3) is 0 Å². The van der Waals surface area contributed by atoms with Crippen LogP contribution in [-0.4, -0.2) is 5.91 Å². The number of aryl methyl sites for hydroxylation is 1. The normalized spacial score (nSPS) is 10.3. The average Bonchev–Trinajstić information content (AvgIpc) is 2.43. The molecule has 0 saturated heterocycles. The van der Waals surface area contributed by atoms with Crippen molar-refractivity contribution in [1.82, 2.24) is 0 Å². The van der Waals surface area contributed by atoms with Crippen molar-refractivity contribution in [2.45, 2.75) is 13.5 Å². The van der Waals surface area contributed by atoms with Crippen LogP contribution in [0.2, 0.25) is 0 Å². The van der Waals surface area contributed by atoms with E-state index in [2.05, 4.69) is 5.32 Å². The third kappa shape index (κ3) is 2.93. The molecule has 20 heavy (non-hydrogen) atoms. The zero-order valence-corrected chi connectivity index (χ0v) is 10.9. The van der Waals surface area contributed by atoms with Crippen molar-refractivity contribution in [2.24, 2.45) is 5.73 Å². The van der Waals surface area contributed by atoms with Crippen LogP contribution in [0.1, 0.15) is 21.5 Å². The van der Waals surface area contributed by atoms with Crippen molar-refractivity contribution >= 4 is 11.6 Å². The van der Waals surface area contributed by atoms with Crippen molar-refractivity contribution in [1.29, 1.82) is 0 Å². The van der Waals surface area contributed by atoms with Crippen LogP contribution in [0.3, 0.4) is 0 Å². The number of nitrogens with two attached hydrogens (primary N) is 1. The molecule has 0 atom stereocenters. The molecule has 3 nitrogen and oxygen atoms in total. The summed E-state index contributed by atoms with van der Waals surface area (Å²) in [6.07, 6.45) is 0. The number of carbonyl (C=O) groups is 1. The fourth-order valence-electron chi connectivity index (χ4n) is 1.84. The number of primary amides is 1. The van der Waals surface area contributed by atoms with Crippen LogP contribution in [0, 0.1) is 18.6 Å². The molecule has 0 fully saturated rings. The van der Waals surface area contributed by atoms with Crippen molar-refractivity contribution < 1.29 is 13.6 Å². The minimum Gasteiger partial charge on any atom is -0.376 e. The lowest BCUT2D eigenvalue weighted by molar-refractivity contribution is 0.1000. The second-order valence-electron chi connectivity index (χ2n) is 4.47. The molecule has 1 amide bonds. The molecule has 0 radical (unpaired) electrons. The molecule has 2 aromatic carbocycles. The van der Waals surface area contributed by atoms with Gasteiger partial charge in [-0.25, -0.2) is 8.78 Å². The summed E-state index contributed by atoms with van der Waals surface area (Å²) in [4.78, 5) is 11.1. The molecule has 0 aliphatic heterocycles. The maximum Gasteiger partial charge on any atom is 0.248 e. The Morgan fingerprint density at radius 3 is 2.70 bits per heavy atom. The Morgan fingerprint density at radius 2 is 2.00 bits per heavy atom. The number of nitrogens with one attached hydrogen (secondary N) is 1. The van der Waals surface area contributed by atoms with Crippen LogP contribution in [0.4, 0.5) is 14.5 Å². The molecule has 2 aromatic rings. The molecule has 0 bridgehead atoms. The standard InChI is InChI=1S/C15H14F2N2O/c1-9-5-6-12(16)14(13(9)17)19-8-10-3-2-4-11(7-10)15(18)20/h2-7,19H,8H2,1H3,(H2,18,20). The van der Waals surface area contributed by atoms with Gasteiger partial charge in [-0.15, -0.1) is 0 Å². The van der Waals surface area contributed by atoms with E-state index in [0.717, 1.165) is 0 Å². The number of benzene rings is 2. The Kier molecular flexibility index (Phi) is 3.98. The van der Waals surface area contributed by atoms with Crippen LogP contribution in [0.5, 0.6) is 0 Å². The molecule has 0 unspecified atom stereocenters. The zero-order valence-electron chi connectivity index (χ0n) is 10.9. The van der Waals surface area contributed by atoms with Gasteiger partial charge in [-0.1, -0.05) is 18.2 Å². The van der Waals surface area contributed by atoms with E-state index in [0.29, 0.717) is 16.7 Å². The molecule has 5 heteroatoms. The largest absolute Gasteiger partial charge is 0.376 e. The highest BCUT2D eigenvalue weighted by Gasteiger charge is 2.11. The fraction of sp³-hybridized carbons (Fsp3) is 0.133. The highest BCUT2D eigenvalue weighted by atomic mass is 19.1. The summed E-state index contributed by atoms with van der Waals surface area (Å²) in [7, 11) is 0. The van der Waals surface area contributed by atoms with Crippen LogP contribution in [0.15, 0.2) is 36.4 Å². The van der Waals surface area contributed by atoms with E-state index >= 15 is 0 Å². The van der Waals surface area contributed by atoms with Gasteiger partial charge >= 0.3 is 0 Å². The summed E-state index contributed by atoms with van der Waals surface area (Å²) in [6, 6.07) is 9.16. The van der Waals surface area contributed by atoms with Crippen molar-refractivity contribution in [3.8, 4) is 0 Å². The quantitative estimate of drug-likeness (QED) is 0.902. The Bertz CT molecular complexity index is 656. The Labute approximate surface area is 115 Å². The third-order valence-corrected chi connectivity index (χ3v) is 2.96. The second kappa shape index (κ2) is 5.69. The smallest absolute Gasteiger partial charge is 0.248 e. The summed E-state index contributed by atoms with van der Waals surface area (Å²) in [6.45, 7) is 1.76. The van der Waals surface area contributed by atoms with Crippen molar-refractivity contribution in [3.05, 3.63) is 64.7 Å². The minimum atomic E-state index is -0.654. The summed E-state index contributed by atoms with van der Waals surface area (Å²) < 4.78 is 27.4. The molecule has 0 aliphatic carbocycles. The first kappa shape index (κ1) is 14.0. The summed E-state index contributed by atoms with van der Waals surface area (Å²) in [5.74, 6) is -1.81. The number of hydrogen-bond donors (Lipinski definition) is 2. The number of rotatable bonds is 4. The number of halogens is 2. The molecule has 104 valence electrons. The number of anilines is 1. The van der Waals surface area contributed by atoms with Crippen molar-refractivity contribution in [3.63, 3.8) is 0 Å². The zero-order chi connectivity index (χ0) is 14.7.